The third kappa shape index (κ3) is 2.05. The number of hydrogen-bond acceptors (Lipinski definition) is 2. The van der Waals surface area contributed by atoms with Crippen LogP contribution in [0.25, 0.3) is 0 Å². The van der Waals surface area contributed by atoms with E-state index in [1.54, 1.807) is 0 Å². The number of allylic oxidation sites excluding steroid dienone is 1. The van der Waals surface area contributed by atoms with Gasteiger partial charge in [-0.1, -0.05) is 12.2 Å². The van der Waals surface area contributed by atoms with Crippen LogP contribution in [0.15, 0.2) is 12.2 Å². The van der Waals surface area contributed by atoms with Crippen LogP contribution in [0.1, 0.15) is 19.3 Å². The molecule has 0 aliphatic heterocycles. The first-order chi connectivity index (χ1) is 5.22. The fourth-order valence-corrected chi connectivity index (χ4v) is 1.33. The maximum atomic E-state index is 10.6. The summed E-state index contributed by atoms with van der Waals surface area (Å²) in [6, 6.07) is -0.605. The first-order valence-electron chi connectivity index (χ1n) is 3.89. The van der Waals surface area contributed by atoms with Gasteiger partial charge in [0.15, 0.2) is 0 Å². The Bertz CT molecular complexity index is 177. The highest BCUT2D eigenvalue weighted by molar-refractivity contribution is 5.79. The van der Waals surface area contributed by atoms with Crippen molar-refractivity contribution >= 4 is 5.91 Å². The molecule has 1 aliphatic rings. The minimum Gasteiger partial charge on any atom is -0.319 e. The Hall–Kier alpha value is -0.830. The Balaban J connectivity index is 2.52. The number of nitrogens with two attached hydrogens (primary N) is 1. The molecule has 2 atom stereocenters. The molecule has 1 aliphatic carbocycles. The summed E-state index contributed by atoms with van der Waals surface area (Å²) in [5.41, 5.74) is 12.3. The largest absolute Gasteiger partial charge is 0.319 e. The molecule has 2 unspecified atom stereocenters. The summed E-state index contributed by atoms with van der Waals surface area (Å²) in [5, 5.41) is 0. The molecule has 1 amide bonds. The number of rotatable bonds is 2. The van der Waals surface area contributed by atoms with Crippen LogP contribution in [-0.2, 0) is 4.79 Å². The summed E-state index contributed by atoms with van der Waals surface area (Å²) in [6.07, 6.45) is 7.11. The van der Waals surface area contributed by atoms with Crippen molar-refractivity contribution in [2.75, 3.05) is 0 Å². The zero-order valence-electron chi connectivity index (χ0n) is 6.42. The van der Waals surface area contributed by atoms with E-state index < -0.39 is 11.9 Å². The van der Waals surface area contributed by atoms with Gasteiger partial charge < -0.3 is 5.73 Å². The molecule has 0 heterocycles. The average Bonchev–Trinajstić information content (AvgIpc) is 2.05. The fourth-order valence-electron chi connectivity index (χ4n) is 1.33. The van der Waals surface area contributed by atoms with Gasteiger partial charge in [0.2, 0.25) is 0 Å². The van der Waals surface area contributed by atoms with E-state index in [9.17, 15) is 4.79 Å². The highest BCUT2D eigenvalue weighted by Gasteiger charge is 2.21. The smallest absolute Gasteiger partial charge is 0.255 e. The summed E-state index contributed by atoms with van der Waals surface area (Å²) < 4.78 is 0. The quantitative estimate of drug-likeness (QED) is 0.586. The first-order valence-corrected chi connectivity index (χ1v) is 3.89. The monoisotopic (exact) mass is 153 g/mol. The van der Waals surface area contributed by atoms with Crippen LogP contribution in [-0.4, -0.2) is 11.9 Å². The van der Waals surface area contributed by atoms with Crippen molar-refractivity contribution in [1.29, 1.82) is 0 Å². The number of amides is 1. The third-order valence-electron chi connectivity index (χ3n) is 2.06. The van der Waals surface area contributed by atoms with E-state index in [2.05, 4.69) is 0 Å². The van der Waals surface area contributed by atoms with E-state index in [4.69, 9.17) is 11.5 Å². The van der Waals surface area contributed by atoms with Crippen LogP contribution in [0.3, 0.4) is 0 Å². The Labute approximate surface area is 66.4 Å². The summed E-state index contributed by atoms with van der Waals surface area (Å²) in [7, 11) is 0. The molecule has 1 rings (SSSR count). The lowest BCUT2D eigenvalue weighted by Gasteiger charge is -2.19. The van der Waals surface area contributed by atoms with E-state index in [1.165, 1.54) is 0 Å². The van der Waals surface area contributed by atoms with Gasteiger partial charge in [0, 0.05) is 5.92 Å². The second kappa shape index (κ2) is 3.53. The molecular weight excluding hydrogens is 140 g/mol. The Morgan fingerprint density at radius 1 is 1.73 bits per heavy atom. The number of hydrogen-bond donors (Lipinski definition) is 1. The molecule has 0 saturated carbocycles. The van der Waals surface area contributed by atoms with Crippen molar-refractivity contribution < 1.29 is 4.79 Å². The van der Waals surface area contributed by atoms with E-state index in [-0.39, 0.29) is 5.92 Å². The van der Waals surface area contributed by atoms with Gasteiger partial charge in [-0.3, -0.25) is 10.5 Å². The molecule has 0 bridgehead atoms. The molecule has 3 heteroatoms. The zero-order chi connectivity index (χ0) is 8.27. The van der Waals surface area contributed by atoms with Crippen LogP contribution < -0.4 is 11.5 Å². The van der Waals surface area contributed by atoms with Crippen molar-refractivity contribution in [3.63, 3.8) is 0 Å². The van der Waals surface area contributed by atoms with Gasteiger partial charge in [-0.25, -0.2) is 0 Å². The molecule has 3 N–H and O–H groups in total. The van der Waals surface area contributed by atoms with Crippen LogP contribution in [0.2, 0.25) is 0 Å². The molecule has 11 heavy (non-hydrogen) atoms. The average molecular weight is 153 g/mol. The minimum absolute atomic E-state index is 0.105. The van der Waals surface area contributed by atoms with Gasteiger partial charge in [-0.15, -0.1) is 0 Å². The predicted molar refractivity (Wildman–Crippen MR) is 42.6 cm³/mol. The Kier molecular flexibility index (Phi) is 2.65. The van der Waals surface area contributed by atoms with Crippen molar-refractivity contribution in [2.45, 2.75) is 25.3 Å². The van der Waals surface area contributed by atoms with E-state index >= 15 is 0 Å². The number of carbonyl (C=O) groups is 1. The van der Waals surface area contributed by atoms with Gasteiger partial charge in [0.05, 0.1) is 6.04 Å². The number of carbonyl (C=O) groups excluding carboxylic acids is 1. The molecule has 0 spiro atoms. The Morgan fingerprint density at radius 2 is 2.45 bits per heavy atom. The number of nitrogens with one attached hydrogen (secondary N) is 1. The molecule has 0 aromatic heterocycles. The van der Waals surface area contributed by atoms with Crippen LogP contribution in [0, 0.1) is 5.92 Å². The molecule has 61 valence electrons. The lowest BCUT2D eigenvalue weighted by molar-refractivity contribution is -0.120. The maximum absolute atomic E-state index is 10.6. The van der Waals surface area contributed by atoms with Gasteiger partial charge in [-0.05, 0) is 19.3 Å². The maximum Gasteiger partial charge on any atom is 0.255 e. The van der Waals surface area contributed by atoms with Crippen LogP contribution in [0.5, 0.6) is 0 Å². The lowest BCUT2D eigenvalue weighted by atomic mass is 9.89. The molecule has 0 aromatic carbocycles. The fraction of sp³-hybridized carbons (Fsp3) is 0.625. The van der Waals surface area contributed by atoms with E-state index in [0.717, 1.165) is 19.3 Å². The van der Waals surface area contributed by atoms with Crippen LogP contribution >= 0.6 is 0 Å². The van der Waals surface area contributed by atoms with Crippen molar-refractivity contribution in [2.24, 2.45) is 11.7 Å². The summed E-state index contributed by atoms with van der Waals surface area (Å²) in [5.74, 6) is -0.546. The van der Waals surface area contributed by atoms with Gasteiger partial charge >= 0.3 is 0 Å². The highest BCUT2D eigenvalue weighted by Crippen LogP contribution is 2.19. The molecule has 3 nitrogen and oxygen atoms in total. The van der Waals surface area contributed by atoms with Gasteiger partial charge in [0.1, 0.15) is 0 Å². The predicted octanol–water partition coefficient (Wildman–Crippen LogP) is 0.479. The molecule has 0 saturated heterocycles. The van der Waals surface area contributed by atoms with Crippen molar-refractivity contribution in [3.05, 3.63) is 12.2 Å². The molecule has 0 fully saturated rings. The summed E-state index contributed by atoms with van der Waals surface area (Å²) in [6.45, 7) is 0. The SMILES string of the molecule is [NH]C(=O)C(N)C1C=CCCC1. The minimum atomic E-state index is -0.651. The van der Waals surface area contributed by atoms with Crippen molar-refractivity contribution in [1.82, 2.24) is 5.73 Å². The van der Waals surface area contributed by atoms with Gasteiger partial charge in [0.25, 0.3) is 5.91 Å². The molecular formula is C8H13N2O. The van der Waals surface area contributed by atoms with E-state index in [0.29, 0.717) is 0 Å². The normalized spacial score (nSPS) is 26.5. The first kappa shape index (κ1) is 8.27. The zero-order valence-corrected chi connectivity index (χ0v) is 6.42. The second-order valence-corrected chi connectivity index (χ2v) is 2.91. The second-order valence-electron chi connectivity index (χ2n) is 2.91. The highest BCUT2D eigenvalue weighted by atomic mass is 16.1. The summed E-state index contributed by atoms with van der Waals surface area (Å²) in [4.78, 5) is 10.6. The van der Waals surface area contributed by atoms with Crippen LogP contribution in [0.4, 0.5) is 0 Å². The lowest BCUT2D eigenvalue weighted by Crippen LogP contribution is -2.38. The molecule has 1 radical (unpaired) electrons. The molecule has 0 aromatic rings. The summed E-state index contributed by atoms with van der Waals surface area (Å²) >= 11 is 0. The van der Waals surface area contributed by atoms with Gasteiger partial charge in [-0.2, -0.15) is 0 Å². The Morgan fingerprint density at radius 3 is 2.91 bits per heavy atom. The van der Waals surface area contributed by atoms with Crippen molar-refractivity contribution in [3.8, 4) is 0 Å². The topological polar surface area (TPSA) is 66.9 Å². The third-order valence-corrected chi connectivity index (χ3v) is 2.06. The van der Waals surface area contributed by atoms with E-state index in [1.807, 2.05) is 12.2 Å². The standard InChI is InChI=1S/C8H13N2O/c9-7(8(10)11)6-4-2-1-3-5-6/h2,4,6-7,10H,1,3,5,9H2.